The number of anilines is 1. The van der Waals surface area contributed by atoms with Gasteiger partial charge < -0.3 is 9.80 Å². The van der Waals surface area contributed by atoms with Crippen LogP contribution < -0.4 is 4.90 Å². The van der Waals surface area contributed by atoms with Gasteiger partial charge in [-0.2, -0.15) is 0 Å². The van der Waals surface area contributed by atoms with Gasteiger partial charge in [-0.3, -0.25) is 4.79 Å². The SMILES string of the molecule is C[C@@H]1C[C@@H](CCN(C)C(=O)C2CCCCC2)c2ccc(N3CCCCC3)cc21. The lowest BCUT2D eigenvalue weighted by molar-refractivity contribution is -0.135. The van der Waals surface area contributed by atoms with Crippen LogP contribution in [0.2, 0.25) is 0 Å². The summed E-state index contributed by atoms with van der Waals surface area (Å²) in [7, 11) is 2.02. The molecule has 1 heterocycles. The zero-order valence-corrected chi connectivity index (χ0v) is 18.0. The summed E-state index contributed by atoms with van der Waals surface area (Å²) in [6.07, 6.45) is 12.4. The van der Waals surface area contributed by atoms with Gasteiger partial charge in [-0.15, -0.1) is 0 Å². The van der Waals surface area contributed by atoms with Crippen molar-refractivity contribution in [3.63, 3.8) is 0 Å². The minimum atomic E-state index is 0.292. The summed E-state index contributed by atoms with van der Waals surface area (Å²) in [4.78, 5) is 17.4. The van der Waals surface area contributed by atoms with Crippen molar-refractivity contribution in [2.75, 3.05) is 31.6 Å². The average Bonchev–Trinajstić information content (AvgIpc) is 3.07. The van der Waals surface area contributed by atoms with Crippen LogP contribution in [0.25, 0.3) is 0 Å². The van der Waals surface area contributed by atoms with Crippen molar-refractivity contribution in [2.45, 2.75) is 83.0 Å². The third kappa shape index (κ3) is 4.23. The standard InChI is InChI=1S/C25H38N2O/c1-19-17-21(13-16-26(2)25(28)20-9-5-3-6-10-20)23-12-11-22(18-24(19)23)27-14-7-4-8-15-27/h11-12,18-21H,3-10,13-17H2,1-2H3/t19-,21-/m1/s1. The van der Waals surface area contributed by atoms with Crippen LogP contribution >= 0.6 is 0 Å². The predicted octanol–water partition coefficient (Wildman–Crippen LogP) is 5.70. The Labute approximate surface area is 171 Å². The Kier molecular flexibility index (Phi) is 6.28. The Balaban J connectivity index is 1.37. The Morgan fingerprint density at radius 2 is 1.75 bits per heavy atom. The second kappa shape index (κ2) is 8.88. The zero-order chi connectivity index (χ0) is 19.5. The highest BCUT2D eigenvalue weighted by molar-refractivity contribution is 5.78. The molecule has 0 bridgehead atoms. The van der Waals surface area contributed by atoms with Gasteiger partial charge in [0, 0.05) is 38.3 Å². The highest BCUT2D eigenvalue weighted by Gasteiger charge is 2.30. The minimum Gasteiger partial charge on any atom is -0.372 e. The molecular weight excluding hydrogens is 344 g/mol. The van der Waals surface area contributed by atoms with Crippen molar-refractivity contribution in [1.82, 2.24) is 4.90 Å². The highest BCUT2D eigenvalue weighted by Crippen LogP contribution is 2.44. The molecule has 0 N–H and O–H groups in total. The first-order valence-electron chi connectivity index (χ1n) is 11.8. The second-order valence-corrected chi connectivity index (χ2v) is 9.58. The highest BCUT2D eigenvalue weighted by atomic mass is 16.2. The van der Waals surface area contributed by atoms with Crippen molar-refractivity contribution in [3.8, 4) is 0 Å². The molecule has 2 aliphatic carbocycles. The number of fused-ring (bicyclic) bond motifs is 1. The van der Waals surface area contributed by atoms with E-state index >= 15 is 0 Å². The van der Waals surface area contributed by atoms with Gasteiger partial charge in [0.2, 0.25) is 5.91 Å². The van der Waals surface area contributed by atoms with E-state index in [1.54, 1.807) is 11.1 Å². The predicted molar refractivity (Wildman–Crippen MR) is 117 cm³/mol. The molecule has 1 saturated heterocycles. The molecule has 1 aromatic rings. The summed E-state index contributed by atoms with van der Waals surface area (Å²) in [6.45, 7) is 5.71. The molecule has 0 radical (unpaired) electrons. The van der Waals surface area contributed by atoms with Crippen molar-refractivity contribution in [2.24, 2.45) is 5.92 Å². The van der Waals surface area contributed by atoms with Crippen LogP contribution in [0.15, 0.2) is 18.2 Å². The zero-order valence-electron chi connectivity index (χ0n) is 18.0. The fraction of sp³-hybridized carbons (Fsp3) is 0.720. The van der Waals surface area contributed by atoms with Gasteiger partial charge in [-0.1, -0.05) is 32.3 Å². The molecule has 154 valence electrons. The monoisotopic (exact) mass is 382 g/mol. The van der Waals surface area contributed by atoms with Gasteiger partial charge in [0.1, 0.15) is 0 Å². The third-order valence-corrected chi connectivity index (χ3v) is 7.54. The molecule has 1 amide bonds. The molecule has 0 aromatic heterocycles. The Morgan fingerprint density at radius 3 is 2.50 bits per heavy atom. The molecule has 1 aromatic carbocycles. The minimum absolute atomic E-state index is 0.292. The number of hydrogen-bond acceptors (Lipinski definition) is 2. The summed E-state index contributed by atoms with van der Waals surface area (Å²) in [5, 5.41) is 0. The normalized spacial score (nSPS) is 25.6. The van der Waals surface area contributed by atoms with Crippen LogP contribution in [0.5, 0.6) is 0 Å². The van der Waals surface area contributed by atoms with Gasteiger partial charge in [0.05, 0.1) is 0 Å². The molecule has 2 fully saturated rings. The number of carbonyl (C=O) groups is 1. The lowest BCUT2D eigenvalue weighted by atomic mass is 9.88. The summed E-state index contributed by atoms with van der Waals surface area (Å²) in [6, 6.07) is 7.23. The fourth-order valence-electron chi connectivity index (χ4n) is 5.78. The maximum atomic E-state index is 12.8. The van der Waals surface area contributed by atoms with E-state index in [0.717, 1.165) is 25.8 Å². The van der Waals surface area contributed by atoms with Gasteiger partial charge >= 0.3 is 0 Å². The van der Waals surface area contributed by atoms with Crippen molar-refractivity contribution < 1.29 is 4.79 Å². The molecule has 28 heavy (non-hydrogen) atoms. The van der Waals surface area contributed by atoms with Crippen molar-refractivity contribution >= 4 is 11.6 Å². The van der Waals surface area contributed by atoms with Crippen LogP contribution in [0.3, 0.4) is 0 Å². The topological polar surface area (TPSA) is 23.6 Å². The lowest BCUT2D eigenvalue weighted by Crippen LogP contribution is -2.35. The molecule has 4 rings (SSSR count). The van der Waals surface area contributed by atoms with E-state index < -0.39 is 0 Å². The fourth-order valence-corrected chi connectivity index (χ4v) is 5.78. The Bertz CT molecular complexity index is 673. The van der Waals surface area contributed by atoms with Crippen molar-refractivity contribution in [3.05, 3.63) is 29.3 Å². The molecule has 2 atom stereocenters. The number of carbonyl (C=O) groups excluding carboxylic acids is 1. The van der Waals surface area contributed by atoms with E-state index in [4.69, 9.17) is 0 Å². The van der Waals surface area contributed by atoms with Crippen LogP contribution in [0.4, 0.5) is 5.69 Å². The second-order valence-electron chi connectivity index (χ2n) is 9.58. The molecule has 3 nitrogen and oxygen atoms in total. The van der Waals surface area contributed by atoms with E-state index in [0.29, 0.717) is 23.7 Å². The Hall–Kier alpha value is -1.51. The Morgan fingerprint density at radius 1 is 1.04 bits per heavy atom. The number of nitrogens with zero attached hydrogens (tertiary/aromatic N) is 2. The van der Waals surface area contributed by atoms with Crippen molar-refractivity contribution in [1.29, 1.82) is 0 Å². The maximum absolute atomic E-state index is 12.8. The smallest absolute Gasteiger partial charge is 0.225 e. The van der Waals surface area contributed by atoms with Gasteiger partial charge in [-0.25, -0.2) is 0 Å². The number of amides is 1. The van der Waals surface area contributed by atoms with Crippen LogP contribution in [-0.4, -0.2) is 37.5 Å². The van der Waals surface area contributed by atoms with E-state index in [2.05, 4.69) is 30.0 Å². The largest absolute Gasteiger partial charge is 0.372 e. The van der Waals surface area contributed by atoms with Crippen LogP contribution in [0, 0.1) is 5.92 Å². The third-order valence-electron chi connectivity index (χ3n) is 7.54. The van der Waals surface area contributed by atoms with E-state index in [-0.39, 0.29) is 0 Å². The van der Waals surface area contributed by atoms with Crippen LogP contribution in [0.1, 0.15) is 94.1 Å². The number of hydrogen-bond donors (Lipinski definition) is 0. The molecule has 3 aliphatic rings. The van der Waals surface area contributed by atoms with E-state index in [9.17, 15) is 4.79 Å². The number of piperidine rings is 1. The van der Waals surface area contributed by atoms with Gasteiger partial charge in [-0.05, 0) is 80.0 Å². The molecule has 0 unspecified atom stereocenters. The molecule has 3 heteroatoms. The first-order valence-corrected chi connectivity index (χ1v) is 11.8. The number of benzene rings is 1. The van der Waals surface area contributed by atoms with E-state index in [1.165, 1.54) is 63.7 Å². The average molecular weight is 383 g/mol. The molecule has 1 saturated carbocycles. The summed E-state index contributed by atoms with van der Waals surface area (Å²) in [5.41, 5.74) is 4.54. The number of rotatable bonds is 5. The first-order chi connectivity index (χ1) is 13.6. The van der Waals surface area contributed by atoms with Gasteiger partial charge in [0.25, 0.3) is 0 Å². The first kappa shape index (κ1) is 19.8. The summed E-state index contributed by atoms with van der Waals surface area (Å²) in [5.74, 6) is 1.94. The maximum Gasteiger partial charge on any atom is 0.225 e. The molecule has 0 spiro atoms. The van der Waals surface area contributed by atoms with Gasteiger partial charge in [0.15, 0.2) is 0 Å². The summed E-state index contributed by atoms with van der Waals surface area (Å²) < 4.78 is 0. The van der Waals surface area contributed by atoms with E-state index in [1.807, 2.05) is 11.9 Å². The quantitative estimate of drug-likeness (QED) is 0.652. The molecule has 1 aliphatic heterocycles. The molecular formula is C25H38N2O. The summed E-state index contributed by atoms with van der Waals surface area (Å²) >= 11 is 0. The lowest BCUT2D eigenvalue weighted by Gasteiger charge is -2.29. The van der Waals surface area contributed by atoms with Crippen LogP contribution in [-0.2, 0) is 4.79 Å².